The van der Waals surface area contributed by atoms with Gasteiger partial charge in [0.25, 0.3) is 0 Å². The fraction of sp³-hybridized carbons (Fsp3) is 0.500. The van der Waals surface area contributed by atoms with Crippen LogP contribution in [0.2, 0.25) is 0 Å². The van der Waals surface area contributed by atoms with Gasteiger partial charge >= 0.3 is 0 Å². The zero-order valence-electron chi connectivity index (χ0n) is 8.31. The first-order valence-electron chi connectivity index (χ1n) is 4.85. The molecule has 1 rings (SSSR count). The van der Waals surface area contributed by atoms with Crippen LogP contribution in [0.15, 0.2) is 18.2 Å². The fourth-order valence-corrected chi connectivity index (χ4v) is 1.33. The molecule has 0 aliphatic rings. The Hall–Kier alpha value is -0.850. The van der Waals surface area contributed by atoms with Gasteiger partial charge in [-0.15, -0.1) is 0 Å². The summed E-state index contributed by atoms with van der Waals surface area (Å²) in [6.45, 7) is 4.37. The number of benzene rings is 1. The van der Waals surface area contributed by atoms with Crippen molar-refractivity contribution in [3.05, 3.63) is 35.6 Å². The summed E-state index contributed by atoms with van der Waals surface area (Å²) in [5, 5.41) is 0. The molecule has 0 fully saturated rings. The highest BCUT2D eigenvalue weighted by atomic mass is 19.1. The van der Waals surface area contributed by atoms with E-state index in [0.29, 0.717) is 5.92 Å². The third-order valence-corrected chi connectivity index (χ3v) is 2.09. The second-order valence-corrected chi connectivity index (χ2v) is 3.78. The van der Waals surface area contributed by atoms with Crippen molar-refractivity contribution >= 4 is 0 Å². The summed E-state index contributed by atoms with van der Waals surface area (Å²) in [6, 6.07) is 7.89. The van der Waals surface area contributed by atoms with Gasteiger partial charge in [0.15, 0.2) is 0 Å². The Morgan fingerprint density at radius 1 is 1.46 bits per heavy atom. The lowest BCUT2D eigenvalue weighted by atomic mass is 10.0. The van der Waals surface area contributed by atoms with Crippen molar-refractivity contribution in [3.8, 4) is 0 Å². The van der Waals surface area contributed by atoms with Crippen molar-refractivity contribution in [1.29, 1.82) is 0 Å². The van der Waals surface area contributed by atoms with Crippen LogP contribution in [-0.2, 0) is 6.42 Å². The molecule has 0 unspecified atom stereocenters. The topological polar surface area (TPSA) is 0 Å². The molecular formula is C12H16F. The predicted molar refractivity (Wildman–Crippen MR) is 53.0 cm³/mol. The van der Waals surface area contributed by atoms with E-state index in [0.717, 1.165) is 24.8 Å². The molecule has 0 aliphatic heterocycles. The largest absolute Gasteiger partial charge is 0.207 e. The smallest absolute Gasteiger partial charge is 0.127 e. The van der Waals surface area contributed by atoms with Crippen LogP contribution in [0, 0.1) is 17.8 Å². The molecule has 0 nitrogen and oxygen atoms in total. The number of aryl methyl sites for hydroxylation is 1. The van der Waals surface area contributed by atoms with E-state index < -0.39 is 0 Å². The molecule has 0 bridgehead atoms. The van der Waals surface area contributed by atoms with Crippen molar-refractivity contribution in [2.45, 2.75) is 33.1 Å². The lowest BCUT2D eigenvalue weighted by Crippen LogP contribution is -1.93. The Morgan fingerprint density at radius 2 is 2.23 bits per heavy atom. The molecule has 0 saturated heterocycles. The highest BCUT2D eigenvalue weighted by molar-refractivity contribution is 5.15. The highest BCUT2D eigenvalue weighted by Gasteiger charge is 2.01. The molecule has 1 radical (unpaired) electrons. The van der Waals surface area contributed by atoms with Gasteiger partial charge in [0.1, 0.15) is 5.82 Å². The van der Waals surface area contributed by atoms with E-state index in [1.807, 2.05) is 0 Å². The molecule has 0 amide bonds. The molecule has 0 aromatic heterocycles. The molecule has 0 aliphatic carbocycles. The normalized spacial score (nSPS) is 10.8. The van der Waals surface area contributed by atoms with Gasteiger partial charge in [-0.2, -0.15) is 0 Å². The van der Waals surface area contributed by atoms with Crippen LogP contribution >= 0.6 is 0 Å². The summed E-state index contributed by atoms with van der Waals surface area (Å²) < 4.78 is 13.1. The zero-order valence-corrected chi connectivity index (χ0v) is 8.31. The SMILES string of the molecule is CC(C)CCCc1[c]cccc1F. The van der Waals surface area contributed by atoms with Gasteiger partial charge < -0.3 is 0 Å². The molecule has 0 spiro atoms. The van der Waals surface area contributed by atoms with E-state index in [-0.39, 0.29) is 5.82 Å². The molecule has 1 heteroatoms. The second-order valence-electron chi connectivity index (χ2n) is 3.78. The summed E-state index contributed by atoms with van der Waals surface area (Å²) in [4.78, 5) is 0. The maximum absolute atomic E-state index is 13.1. The van der Waals surface area contributed by atoms with Crippen molar-refractivity contribution < 1.29 is 4.39 Å². The van der Waals surface area contributed by atoms with Crippen LogP contribution in [0.5, 0.6) is 0 Å². The van der Waals surface area contributed by atoms with Crippen LogP contribution in [-0.4, -0.2) is 0 Å². The first kappa shape index (κ1) is 10.2. The number of hydrogen-bond acceptors (Lipinski definition) is 0. The Bertz CT molecular complexity index is 253. The quantitative estimate of drug-likeness (QED) is 0.662. The Kier molecular flexibility index (Phi) is 3.94. The van der Waals surface area contributed by atoms with E-state index in [9.17, 15) is 4.39 Å². The molecule has 0 atom stereocenters. The van der Waals surface area contributed by atoms with Crippen LogP contribution in [0.4, 0.5) is 4.39 Å². The first-order chi connectivity index (χ1) is 6.20. The Labute approximate surface area is 79.8 Å². The number of rotatable bonds is 4. The summed E-state index contributed by atoms with van der Waals surface area (Å²) in [6.07, 6.45) is 3.02. The van der Waals surface area contributed by atoms with E-state index >= 15 is 0 Å². The van der Waals surface area contributed by atoms with Gasteiger partial charge in [-0.25, -0.2) is 4.39 Å². The fourth-order valence-electron chi connectivity index (χ4n) is 1.33. The summed E-state index contributed by atoms with van der Waals surface area (Å²) >= 11 is 0. The van der Waals surface area contributed by atoms with Crippen molar-refractivity contribution in [1.82, 2.24) is 0 Å². The van der Waals surface area contributed by atoms with Crippen LogP contribution < -0.4 is 0 Å². The summed E-state index contributed by atoms with van der Waals surface area (Å²) in [5.41, 5.74) is 0.725. The minimum Gasteiger partial charge on any atom is -0.207 e. The van der Waals surface area contributed by atoms with E-state index in [1.54, 1.807) is 12.1 Å². The third-order valence-electron chi connectivity index (χ3n) is 2.09. The molecule has 0 saturated carbocycles. The molecule has 13 heavy (non-hydrogen) atoms. The second kappa shape index (κ2) is 5.00. The molecular weight excluding hydrogens is 163 g/mol. The van der Waals surface area contributed by atoms with E-state index in [2.05, 4.69) is 19.9 Å². The minimum atomic E-state index is -0.119. The molecule has 0 heterocycles. The van der Waals surface area contributed by atoms with Gasteiger partial charge in [-0.3, -0.25) is 0 Å². The lowest BCUT2D eigenvalue weighted by molar-refractivity contribution is 0.542. The molecule has 1 aromatic rings. The standard InChI is InChI=1S/C12H16F/c1-10(2)6-5-8-11-7-3-4-9-12(11)13/h3-4,9-10H,5-6,8H2,1-2H3. The molecule has 71 valence electrons. The van der Waals surface area contributed by atoms with Crippen molar-refractivity contribution in [2.24, 2.45) is 5.92 Å². The third kappa shape index (κ3) is 3.58. The van der Waals surface area contributed by atoms with Gasteiger partial charge in [-0.1, -0.05) is 32.4 Å². The van der Waals surface area contributed by atoms with Gasteiger partial charge in [0, 0.05) is 0 Å². The highest BCUT2D eigenvalue weighted by Crippen LogP contribution is 2.12. The van der Waals surface area contributed by atoms with Crippen LogP contribution in [0.25, 0.3) is 0 Å². The van der Waals surface area contributed by atoms with E-state index in [4.69, 9.17) is 0 Å². The van der Waals surface area contributed by atoms with Crippen LogP contribution in [0.3, 0.4) is 0 Å². The lowest BCUT2D eigenvalue weighted by Gasteiger charge is -2.04. The van der Waals surface area contributed by atoms with Crippen molar-refractivity contribution in [3.63, 3.8) is 0 Å². The summed E-state index contributed by atoms with van der Waals surface area (Å²) in [5.74, 6) is 0.582. The van der Waals surface area contributed by atoms with Gasteiger partial charge in [-0.05, 0) is 36.5 Å². The molecule has 1 aromatic carbocycles. The average molecular weight is 179 g/mol. The predicted octanol–water partition coefficient (Wildman–Crippen LogP) is 3.60. The number of halogens is 1. The van der Waals surface area contributed by atoms with Gasteiger partial charge in [0.2, 0.25) is 0 Å². The van der Waals surface area contributed by atoms with Crippen molar-refractivity contribution in [2.75, 3.05) is 0 Å². The maximum Gasteiger partial charge on any atom is 0.127 e. The van der Waals surface area contributed by atoms with E-state index in [1.165, 1.54) is 6.07 Å². The minimum absolute atomic E-state index is 0.119. The monoisotopic (exact) mass is 179 g/mol. The Balaban J connectivity index is 2.41. The maximum atomic E-state index is 13.1. The number of hydrogen-bond donors (Lipinski definition) is 0. The summed E-state index contributed by atoms with van der Waals surface area (Å²) in [7, 11) is 0. The van der Waals surface area contributed by atoms with Gasteiger partial charge in [0.05, 0.1) is 0 Å². The van der Waals surface area contributed by atoms with Crippen LogP contribution in [0.1, 0.15) is 32.3 Å². The Morgan fingerprint density at radius 3 is 2.85 bits per heavy atom. The molecule has 0 N–H and O–H groups in total. The average Bonchev–Trinajstić information content (AvgIpc) is 2.08. The zero-order chi connectivity index (χ0) is 9.68. The first-order valence-corrected chi connectivity index (χ1v) is 4.85.